The van der Waals surface area contributed by atoms with Crippen LogP contribution < -0.4 is 9.47 Å². The Morgan fingerprint density at radius 2 is 1.86 bits per heavy atom. The number of carbonyl (C=O) groups is 1. The molecule has 22 heavy (non-hydrogen) atoms. The van der Waals surface area contributed by atoms with E-state index in [0.717, 1.165) is 11.1 Å². The third kappa shape index (κ3) is 4.01. The van der Waals surface area contributed by atoms with Crippen LogP contribution in [0.15, 0.2) is 48.5 Å². The Hall–Kier alpha value is -2.49. The van der Waals surface area contributed by atoms with Crippen LogP contribution >= 0.6 is 0 Å². The summed E-state index contributed by atoms with van der Waals surface area (Å²) in [6.45, 7) is 2.29. The molecule has 0 heterocycles. The summed E-state index contributed by atoms with van der Waals surface area (Å²) in [7, 11) is 1.59. The van der Waals surface area contributed by atoms with Crippen molar-refractivity contribution >= 4 is 5.97 Å². The van der Waals surface area contributed by atoms with Crippen molar-refractivity contribution in [3.63, 3.8) is 0 Å². The maximum absolute atomic E-state index is 11.4. The smallest absolute Gasteiger partial charge is 0.311 e. The molecule has 2 aromatic rings. The lowest BCUT2D eigenvalue weighted by Gasteiger charge is -2.15. The number of aliphatic carboxylic acids is 1. The molecular weight excluding hydrogens is 280 g/mol. The summed E-state index contributed by atoms with van der Waals surface area (Å²) in [6.07, 6.45) is 0.399. The van der Waals surface area contributed by atoms with Gasteiger partial charge >= 0.3 is 5.97 Å². The van der Waals surface area contributed by atoms with Crippen LogP contribution in [0, 0.1) is 6.92 Å². The van der Waals surface area contributed by atoms with E-state index in [1.807, 2.05) is 55.5 Å². The number of rotatable bonds is 7. The number of methoxy groups -OCH3 is 1. The van der Waals surface area contributed by atoms with E-state index in [9.17, 15) is 9.90 Å². The lowest BCUT2D eigenvalue weighted by molar-refractivity contribution is -0.139. The SMILES string of the molecule is COc1cc(C)ccc1OCCC(C(=O)O)c1ccccc1. The van der Waals surface area contributed by atoms with Gasteiger partial charge in [0, 0.05) is 0 Å². The van der Waals surface area contributed by atoms with Crippen molar-refractivity contribution in [1.82, 2.24) is 0 Å². The van der Waals surface area contributed by atoms with Crippen molar-refractivity contribution in [3.05, 3.63) is 59.7 Å². The van der Waals surface area contributed by atoms with E-state index in [-0.39, 0.29) is 0 Å². The molecule has 0 saturated carbocycles. The van der Waals surface area contributed by atoms with Crippen LogP contribution in [0.2, 0.25) is 0 Å². The summed E-state index contributed by atoms with van der Waals surface area (Å²) in [5.41, 5.74) is 1.87. The lowest BCUT2D eigenvalue weighted by Crippen LogP contribution is -2.15. The molecule has 0 aliphatic rings. The van der Waals surface area contributed by atoms with Gasteiger partial charge in [0.15, 0.2) is 11.5 Å². The third-order valence-electron chi connectivity index (χ3n) is 3.48. The average Bonchev–Trinajstić information content (AvgIpc) is 2.53. The van der Waals surface area contributed by atoms with Crippen LogP contribution in [0.25, 0.3) is 0 Å². The molecule has 116 valence electrons. The first-order chi connectivity index (χ1) is 10.6. The molecule has 1 unspecified atom stereocenters. The highest BCUT2D eigenvalue weighted by atomic mass is 16.5. The topological polar surface area (TPSA) is 55.8 Å². The number of hydrogen-bond donors (Lipinski definition) is 1. The van der Waals surface area contributed by atoms with E-state index >= 15 is 0 Å². The predicted molar refractivity (Wildman–Crippen MR) is 84.7 cm³/mol. The zero-order valence-corrected chi connectivity index (χ0v) is 12.8. The molecule has 4 nitrogen and oxygen atoms in total. The highest BCUT2D eigenvalue weighted by molar-refractivity contribution is 5.76. The second-order valence-corrected chi connectivity index (χ2v) is 5.09. The number of carboxylic acid groups (broad SMARTS) is 1. The van der Waals surface area contributed by atoms with Crippen molar-refractivity contribution in [2.45, 2.75) is 19.3 Å². The van der Waals surface area contributed by atoms with Gasteiger partial charge < -0.3 is 14.6 Å². The lowest BCUT2D eigenvalue weighted by atomic mass is 9.96. The van der Waals surface area contributed by atoms with E-state index in [1.165, 1.54) is 0 Å². The van der Waals surface area contributed by atoms with Crippen molar-refractivity contribution in [1.29, 1.82) is 0 Å². The third-order valence-corrected chi connectivity index (χ3v) is 3.48. The molecule has 0 spiro atoms. The van der Waals surface area contributed by atoms with Crippen molar-refractivity contribution in [3.8, 4) is 11.5 Å². The van der Waals surface area contributed by atoms with Crippen molar-refractivity contribution < 1.29 is 19.4 Å². The van der Waals surface area contributed by atoms with E-state index < -0.39 is 11.9 Å². The quantitative estimate of drug-likeness (QED) is 0.848. The molecule has 0 aromatic heterocycles. The van der Waals surface area contributed by atoms with Crippen LogP contribution in [-0.2, 0) is 4.79 Å². The summed E-state index contributed by atoms with van der Waals surface area (Å²) >= 11 is 0. The fourth-order valence-electron chi connectivity index (χ4n) is 2.30. The Balaban J connectivity index is 2.01. The van der Waals surface area contributed by atoms with Crippen LogP contribution in [0.4, 0.5) is 0 Å². The number of aryl methyl sites for hydroxylation is 1. The van der Waals surface area contributed by atoms with E-state index in [0.29, 0.717) is 24.5 Å². The maximum atomic E-state index is 11.4. The largest absolute Gasteiger partial charge is 0.493 e. The molecule has 0 amide bonds. The molecule has 4 heteroatoms. The molecule has 0 aliphatic heterocycles. The maximum Gasteiger partial charge on any atom is 0.311 e. The summed E-state index contributed by atoms with van der Waals surface area (Å²) in [5.74, 6) is -0.125. The van der Waals surface area contributed by atoms with Crippen LogP contribution in [0.3, 0.4) is 0 Å². The molecule has 1 atom stereocenters. The zero-order chi connectivity index (χ0) is 15.9. The van der Waals surface area contributed by atoms with E-state index in [1.54, 1.807) is 7.11 Å². The second kappa shape index (κ2) is 7.50. The molecule has 0 fully saturated rings. The van der Waals surface area contributed by atoms with Gasteiger partial charge in [-0.25, -0.2) is 0 Å². The Morgan fingerprint density at radius 3 is 2.50 bits per heavy atom. The number of benzene rings is 2. The van der Waals surface area contributed by atoms with E-state index in [4.69, 9.17) is 9.47 Å². The first-order valence-corrected chi connectivity index (χ1v) is 7.17. The summed E-state index contributed by atoms with van der Waals surface area (Å²) < 4.78 is 11.0. The first kappa shape index (κ1) is 15.9. The zero-order valence-electron chi connectivity index (χ0n) is 12.8. The van der Waals surface area contributed by atoms with Gasteiger partial charge in [-0.3, -0.25) is 4.79 Å². The first-order valence-electron chi connectivity index (χ1n) is 7.17. The fraction of sp³-hybridized carbons (Fsp3) is 0.278. The molecule has 2 aromatic carbocycles. The van der Waals surface area contributed by atoms with Gasteiger partial charge in [0.1, 0.15) is 0 Å². The number of hydrogen-bond acceptors (Lipinski definition) is 3. The number of carboxylic acids is 1. The second-order valence-electron chi connectivity index (χ2n) is 5.09. The fourth-order valence-corrected chi connectivity index (χ4v) is 2.30. The standard InChI is InChI=1S/C18H20O4/c1-13-8-9-16(17(12-13)21-2)22-11-10-15(18(19)20)14-6-4-3-5-7-14/h3-9,12,15H,10-11H2,1-2H3,(H,19,20). The van der Waals surface area contributed by atoms with Crippen LogP contribution in [0.1, 0.15) is 23.5 Å². The minimum atomic E-state index is -0.842. The van der Waals surface area contributed by atoms with Gasteiger partial charge in [-0.2, -0.15) is 0 Å². The highest BCUT2D eigenvalue weighted by Crippen LogP contribution is 2.28. The monoisotopic (exact) mass is 300 g/mol. The normalized spacial score (nSPS) is 11.7. The molecule has 0 radical (unpaired) electrons. The molecule has 0 aliphatic carbocycles. The minimum absolute atomic E-state index is 0.311. The van der Waals surface area contributed by atoms with Crippen LogP contribution in [-0.4, -0.2) is 24.8 Å². The van der Waals surface area contributed by atoms with Gasteiger partial charge in [-0.05, 0) is 36.6 Å². The Morgan fingerprint density at radius 1 is 1.14 bits per heavy atom. The van der Waals surface area contributed by atoms with Crippen molar-refractivity contribution in [2.75, 3.05) is 13.7 Å². The number of ether oxygens (including phenoxy) is 2. The van der Waals surface area contributed by atoms with Gasteiger partial charge in [-0.1, -0.05) is 36.4 Å². The van der Waals surface area contributed by atoms with Gasteiger partial charge in [0.25, 0.3) is 0 Å². The highest BCUT2D eigenvalue weighted by Gasteiger charge is 2.19. The van der Waals surface area contributed by atoms with Crippen LogP contribution in [0.5, 0.6) is 11.5 Å². The molecule has 1 N–H and O–H groups in total. The average molecular weight is 300 g/mol. The Labute approximate surface area is 130 Å². The Kier molecular flexibility index (Phi) is 5.42. The van der Waals surface area contributed by atoms with Gasteiger partial charge in [0.05, 0.1) is 19.6 Å². The summed E-state index contributed by atoms with van der Waals surface area (Å²) in [5, 5.41) is 9.38. The predicted octanol–water partition coefficient (Wildman–Crippen LogP) is 3.64. The summed E-state index contributed by atoms with van der Waals surface area (Å²) in [4.78, 5) is 11.4. The van der Waals surface area contributed by atoms with E-state index in [2.05, 4.69) is 0 Å². The molecule has 0 saturated heterocycles. The molecular formula is C18H20O4. The Bertz CT molecular complexity index is 622. The minimum Gasteiger partial charge on any atom is -0.493 e. The molecule has 0 bridgehead atoms. The summed E-state index contributed by atoms with van der Waals surface area (Å²) in [6, 6.07) is 14.9. The van der Waals surface area contributed by atoms with Crippen molar-refractivity contribution in [2.24, 2.45) is 0 Å². The molecule has 2 rings (SSSR count). The van der Waals surface area contributed by atoms with Gasteiger partial charge in [0.2, 0.25) is 0 Å². The van der Waals surface area contributed by atoms with Gasteiger partial charge in [-0.15, -0.1) is 0 Å².